The van der Waals surface area contributed by atoms with Crippen LogP contribution in [0.5, 0.6) is 0 Å². The zero-order valence-corrected chi connectivity index (χ0v) is 60.4. The number of thiophene rings is 2. The minimum atomic E-state index is 0.444. The van der Waals surface area contributed by atoms with E-state index in [1.54, 1.807) is 0 Å². The van der Waals surface area contributed by atoms with E-state index in [0.29, 0.717) is 82.9 Å². The zero-order valence-electron chi connectivity index (χ0n) is 58.8. The number of rotatable bonds is 13. The van der Waals surface area contributed by atoms with Crippen LogP contribution < -0.4 is 0 Å². The second-order valence-electron chi connectivity index (χ2n) is 26.8. The molecule has 2 heteroatoms. The van der Waals surface area contributed by atoms with Crippen LogP contribution in [0.15, 0.2) is 140 Å². The summed E-state index contributed by atoms with van der Waals surface area (Å²) in [5.41, 5.74) is 10.8. The van der Waals surface area contributed by atoms with Gasteiger partial charge in [-0.1, -0.05) is 315 Å². The Hall–Kier alpha value is -5.12. The summed E-state index contributed by atoms with van der Waals surface area (Å²) in [6, 6.07) is 44.2. The van der Waals surface area contributed by atoms with Crippen LogP contribution in [0.4, 0.5) is 0 Å². The minimum absolute atomic E-state index is 0.444. The van der Waals surface area contributed by atoms with Gasteiger partial charge in [-0.25, -0.2) is 0 Å². The van der Waals surface area contributed by atoms with Crippen molar-refractivity contribution in [1.82, 2.24) is 0 Å². The Morgan fingerprint density at radius 3 is 0.833 bits per heavy atom. The highest BCUT2D eigenvalue weighted by Crippen LogP contribution is 2.33. The second-order valence-corrected chi connectivity index (χ2v) is 29.0. The van der Waals surface area contributed by atoms with Crippen molar-refractivity contribution in [1.29, 1.82) is 0 Å². The van der Waals surface area contributed by atoms with Crippen molar-refractivity contribution in [3.63, 3.8) is 0 Å². The first kappa shape index (κ1) is 78.9. The fourth-order valence-electron chi connectivity index (χ4n) is 7.36. The molecule has 0 fully saturated rings. The molecular weight excluding hydrogens is 1050 g/mol. The highest BCUT2D eigenvalue weighted by atomic mass is 32.1. The summed E-state index contributed by atoms with van der Waals surface area (Å²) in [6.45, 7) is 61.5. The van der Waals surface area contributed by atoms with Gasteiger partial charge in [-0.15, -0.1) is 34.5 Å². The lowest BCUT2D eigenvalue weighted by Crippen LogP contribution is -1.90. The summed E-state index contributed by atoms with van der Waals surface area (Å²) in [4.78, 5) is 5.86. The lowest BCUT2D eigenvalue weighted by Gasteiger charge is -2.08. The van der Waals surface area contributed by atoms with Gasteiger partial charge in [0.2, 0.25) is 0 Å². The van der Waals surface area contributed by atoms with Crippen LogP contribution >= 0.6 is 22.7 Å². The van der Waals surface area contributed by atoms with E-state index < -0.39 is 0 Å². The first-order valence-electron chi connectivity index (χ1n) is 32.2. The van der Waals surface area contributed by atoms with Crippen LogP contribution in [-0.2, 0) is 0 Å². The van der Waals surface area contributed by atoms with Gasteiger partial charge in [-0.2, -0.15) is 0 Å². The smallest absolute Gasteiger partial charge is 0.0345 e. The monoisotopic (exact) mass is 1170 g/mol. The predicted octanol–water partition coefficient (Wildman–Crippen LogP) is 27.0. The molecule has 0 N–H and O–H groups in total. The lowest BCUT2D eigenvalue weighted by molar-refractivity contribution is 0.780. The van der Waals surface area contributed by atoms with Crippen LogP contribution in [0.25, 0.3) is 16.5 Å². The van der Waals surface area contributed by atoms with Crippen molar-refractivity contribution in [2.45, 2.75) is 241 Å². The Morgan fingerprint density at radius 2 is 0.560 bits per heavy atom. The Balaban J connectivity index is 0.000000971. The third-order valence-corrected chi connectivity index (χ3v) is 16.1. The van der Waals surface area contributed by atoms with Crippen molar-refractivity contribution in [3.8, 4) is 34.1 Å². The molecule has 6 rings (SSSR count). The number of benzene rings is 4. The van der Waals surface area contributed by atoms with Gasteiger partial charge >= 0.3 is 0 Å². The largest absolute Gasteiger partial charge is 0.145 e. The van der Waals surface area contributed by atoms with E-state index in [2.05, 4.69) is 363 Å². The van der Waals surface area contributed by atoms with Gasteiger partial charge in [0.15, 0.2) is 0 Å². The van der Waals surface area contributed by atoms with E-state index in [1.807, 2.05) is 22.7 Å². The summed E-state index contributed by atoms with van der Waals surface area (Å²) < 4.78 is 0. The molecule has 2 heterocycles. The van der Waals surface area contributed by atoms with Crippen molar-refractivity contribution < 1.29 is 0 Å². The van der Waals surface area contributed by atoms with Crippen LogP contribution in [0.2, 0.25) is 0 Å². The third-order valence-electron chi connectivity index (χ3n) is 13.0. The molecule has 0 aliphatic heterocycles. The Morgan fingerprint density at radius 1 is 0.274 bits per heavy atom. The van der Waals surface area contributed by atoms with E-state index in [9.17, 15) is 0 Å². The van der Waals surface area contributed by atoms with Crippen LogP contribution in [0.1, 0.15) is 295 Å². The molecule has 0 bridgehead atoms. The van der Waals surface area contributed by atoms with Crippen LogP contribution in [-0.4, -0.2) is 0 Å². The predicted molar refractivity (Wildman–Crippen MR) is 388 cm³/mol. The highest BCUT2D eigenvalue weighted by Gasteiger charge is 2.08. The topological polar surface area (TPSA) is 0 Å². The van der Waals surface area contributed by atoms with E-state index >= 15 is 0 Å². The maximum atomic E-state index is 3.16. The standard InChI is InChI=1S/C16H20S.C14H20.C14H18.C12H18.C10H16S.C8H16.C8H14/c1-11(2)13-5-7-14(8-6-13)16-10-9-15(17-16)12(3)4;2*1-11(2)5-6-13-7-9-14(10-8-13)12(3)4;1-9(2)11-5-7-12(8-6-11)10(3)4;1-7(2)9-5-6-10(11-9)8(3)4;2*1-7(2)5-6-8(3)4/h5-12H,1-4H3;5-12H,1-4H3;7-12H,1-4H3;5-10H,1-4H3;5-8H,1-4H3;5-8H,1-4H3;7-8H,1-4H3/b;6-5+;;;;6-5+;. The normalized spacial score (nSPS) is 11.1. The first-order chi connectivity index (χ1) is 39.2. The quantitative estimate of drug-likeness (QED) is 0.0799. The SMILES string of the molecule is CC(C)/C=C/C(C)C.CC(C)/C=C/c1ccc(C(C)C)cc1.CC(C)C#CC(C)C.CC(C)C#Cc1ccc(C(C)C)cc1.CC(C)c1ccc(-c2ccc(C(C)C)s2)cc1.CC(C)c1ccc(C(C)C)cc1.CC(C)c1ccc(C(C)C)s1. The van der Waals surface area contributed by atoms with E-state index in [4.69, 9.17) is 0 Å². The molecule has 462 valence electrons. The molecule has 0 radical (unpaired) electrons. The molecule has 0 unspecified atom stereocenters. The Kier molecular flexibility index (Phi) is 40.8. The molecule has 0 saturated heterocycles. The maximum Gasteiger partial charge on any atom is 0.0345 e. The van der Waals surface area contributed by atoms with Gasteiger partial charge in [0.25, 0.3) is 0 Å². The zero-order chi connectivity index (χ0) is 64.2. The van der Waals surface area contributed by atoms with Crippen molar-refractivity contribution in [2.75, 3.05) is 0 Å². The summed E-state index contributed by atoms with van der Waals surface area (Å²) in [6.07, 6.45) is 8.90. The average Bonchev–Trinajstić information content (AvgIpc) is 4.31. The van der Waals surface area contributed by atoms with Crippen LogP contribution in [0, 0.1) is 59.2 Å². The molecule has 0 aliphatic rings. The summed E-state index contributed by atoms with van der Waals surface area (Å²) in [5.74, 6) is 21.2. The molecule has 0 aliphatic carbocycles. The molecule has 0 atom stereocenters. The van der Waals surface area contributed by atoms with Crippen molar-refractivity contribution in [2.24, 2.45) is 35.5 Å². The minimum Gasteiger partial charge on any atom is -0.145 e. The molecule has 4 aromatic carbocycles. The molecule has 6 aromatic rings. The Bertz CT molecular complexity index is 2690. The van der Waals surface area contributed by atoms with Crippen LogP contribution in [0.3, 0.4) is 0 Å². The van der Waals surface area contributed by atoms with Gasteiger partial charge in [-0.05, 0) is 140 Å². The van der Waals surface area contributed by atoms with Gasteiger partial charge in [0, 0.05) is 42.8 Å². The average molecular weight is 1170 g/mol. The second kappa shape index (κ2) is 43.5. The van der Waals surface area contributed by atoms with Gasteiger partial charge in [-0.3, -0.25) is 0 Å². The van der Waals surface area contributed by atoms with Crippen molar-refractivity contribution >= 4 is 28.7 Å². The van der Waals surface area contributed by atoms with Gasteiger partial charge < -0.3 is 0 Å². The fraction of sp³-hybridized carbons (Fsp3) is 0.512. The number of hydrogen-bond donors (Lipinski definition) is 0. The molecule has 2 aromatic heterocycles. The fourth-order valence-corrected chi connectivity index (χ4v) is 9.39. The lowest BCUT2D eigenvalue weighted by atomic mass is 9.97. The summed E-state index contributed by atoms with van der Waals surface area (Å²) >= 11 is 3.86. The summed E-state index contributed by atoms with van der Waals surface area (Å²) in [7, 11) is 0. The third kappa shape index (κ3) is 37.3. The molecule has 0 nitrogen and oxygen atoms in total. The number of allylic oxidation sites excluding steroid dienone is 3. The van der Waals surface area contributed by atoms with Gasteiger partial charge in [0.05, 0.1) is 0 Å². The van der Waals surface area contributed by atoms with E-state index in [-0.39, 0.29) is 0 Å². The molecule has 84 heavy (non-hydrogen) atoms. The molecular formula is C82H122S2. The summed E-state index contributed by atoms with van der Waals surface area (Å²) in [5, 5.41) is 0. The van der Waals surface area contributed by atoms with Gasteiger partial charge in [0.1, 0.15) is 0 Å². The first-order valence-corrected chi connectivity index (χ1v) is 33.9. The Labute approximate surface area is 529 Å². The van der Waals surface area contributed by atoms with E-state index in [1.165, 1.54) is 58.5 Å². The highest BCUT2D eigenvalue weighted by molar-refractivity contribution is 7.15. The maximum absolute atomic E-state index is 3.16. The molecule has 0 spiro atoms. The van der Waals surface area contributed by atoms with Crippen molar-refractivity contribution in [3.05, 3.63) is 193 Å². The molecule has 0 amide bonds. The number of hydrogen-bond acceptors (Lipinski definition) is 2. The molecule has 0 saturated carbocycles. The van der Waals surface area contributed by atoms with E-state index in [0.717, 1.165) is 5.56 Å².